The van der Waals surface area contributed by atoms with E-state index in [9.17, 15) is 9.90 Å². The van der Waals surface area contributed by atoms with E-state index in [2.05, 4.69) is 14.9 Å². The van der Waals surface area contributed by atoms with E-state index in [-0.39, 0.29) is 11.5 Å². The molecule has 6 heteroatoms. The van der Waals surface area contributed by atoms with Crippen molar-refractivity contribution < 1.29 is 19.7 Å². The SMILES string of the molecule is O=C(O)Oc1cc2c(Cc3ccccc3)n[nH]c2cc1O. The fourth-order valence-corrected chi connectivity index (χ4v) is 2.19. The van der Waals surface area contributed by atoms with E-state index in [1.165, 1.54) is 12.1 Å². The number of aromatic nitrogens is 2. The van der Waals surface area contributed by atoms with Gasteiger partial charge < -0.3 is 14.9 Å². The van der Waals surface area contributed by atoms with Crippen LogP contribution < -0.4 is 4.74 Å². The van der Waals surface area contributed by atoms with Crippen LogP contribution in [0.3, 0.4) is 0 Å². The van der Waals surface area contributed by atoms with Gasteiger partial charge in [-0.05, 0) is 11.6 Å². The van der Waals surface area contributed by atoms with Crippen molar-refractivity contribution >= 4 is 17.1 Å². The lowest BCUT2D eigenvalue weighted by Crippen LogP contribution is -2.03. The molecule has 6 nitrogen and oxygen atoms in total. The number of nitrogens with zero attached hydrogens (tertiary/aromatic N) is 1. The first-order valence-corrected chi connectivity index (χ1v) is 6.28. The maximum Gasteiger partial charge on any atom is 0.511 e. The first-order chi connectivity index (χ1) is 10.1. The topological polar surface area (TPSA) is 95.4 Å². The molecule has 0 spiro atoms. The van der Waals surface area contributed by atoms with E-state index < -0.39 is 6.16 Å². The van der Waals surface area contributed by atoms with Crippen molar-refractivity contribution in [3.63, 3.8) is 0 Å². The summed E-state index contributed by atoms with van der Waals surface area (Å²) in [4.78, 5) is 10.6. The van der Waals surface area contributed by atoms with Crippen molar-refractivity contribution in [2.24, 2.45) is 0 Å². The molecule has 0 radical (unpaired) electrons. The average molecular weight is 284 g/mol. The fraction of sp³-hybridized carbons (Fsp3) is 0.0667. The number of H-pyrrole nitrogens is 1. The lowest BCUT2D eigenvalue weighted by molar-refractivity contribution is 0.143. The summed E-state index contributed by atoms with van der Waals surface area (Å²) < 4.78 is 4.55. The third kappa shape index (κ3) is 2.64. The van der Waals surface area contributed by atoms with Crippen molar-refractivity contribution in [3.8, 4) is 11.5 Å². The Balaban J connectivity index is 2.02. The fourth-order valence-electron chi connectivity index (χ4n) is 2.19. The first kappa shape index (κ1) is 13.0. The predicted octanol–water partition coefficient (Wildman–Crippen LogP) is 2.92. The molecule has 3 aromatic rings. The molecule has 0 saturated heterocycles. The maximum atomic E-state index is 10.6. The van der Waals surface area contributed by atoms with Gasteiger partial charge in [-0.25, -0.2) is 4.79 Å². The number of aromatic amines is 1. The van der Waals surface area contributed by atoms with E-state index in [1.54, 1.807) is 0 Å². The highest BCUT2D eigenvalue weighted by atomic mass is 16.7. The Morgan fingerprint density at radius 1 is 1.24 bits per heavy atom. The molecule has 0 unspecified atom stereocenters. The predicted molar refractivity (Wildman–Crippen MR) is 75.7 cm³/mol. The van der Waals surface area contributed by atoms with Crippen molar-refractivity contribution in [2.45, 2.75) is 6.42 Å². The minimum atomic E-state index is -1.47. The Bertz CT molecular complexity index is 796. The molecule has 3 rings (SSSR count). The normalized spacial score (nSPS) is 10.7. The van der Waals surface area contributed by atoms with Gasteiger partial charge in [0, 0.05) is 17.9 Å². The number of hydrogen-bond acceptors (Lipinski definition) is 4. The number of carboxylic acid groups (broad SMARTS) is 1. The molecule has 1 aromatic heterocycles. The van der Waals surface area contributed by atoms with Crippen LogP contribution in [-0.4, -0.2) is 26.6 Å². The van der Waals surface area contributed by atoms with Gasteiger partial charge in [-0.3, -0.25) is 5.10 Å². The second-order valence-electron chi connectivity index (χ2n) is 4.57. The number of aromatic hydroxyl groups is 1. The van der Waals surface area contributed by atoms with Gasteiger partial charge in [-0.1, -0.05) is 30.3 Å². The number of phenols is 1. The molecule has 21 heavy (non-hydrogen) atoms. The third-order valence-corrected chi connectivity index (χ3v) is 3.13. The molecule has 0 aliphatic heterocycles. The van der Waals surface area contributed by atoms with Crippen LogP contribution in [0, 0.1) is 0 Å². The van der Waals surface area contributed by atoms with Gasteiger partial charge in [0.15, 0.2) is 11.5 Å². The van der Waals surface area contributed by atoms with Gasteiger partial charge >= 0.3 is 6.16 Å². The Morgan fingerprint density at radius 2 is 2.00 bits per heavy atom. The zero-order valence-corrected chi connectivity index (χ0v) is 10.9. The van der Waals surface area contributed by atoms with Crippen LogP contribution in [-0.2, 0) is 6.42 Å². The van der Waals surface area contributed by atoms with E-state index >= 15 is 0 Å². The molecule has 0 bridgehead atoms. The quantitative estimate of drug-likeness (QED) is 0.507. The van der Waals surface area contributed by atoms with E-state index in [0.717, 1.165) is 11.3 Å². The minimum Gasteiger partial charge on any atom is -0.504 e. The molecule has 0 aliphatic carbocycles. The number of benzene rings is 2. The molecule has 0 fully saturated rings. The summed E-state index contributed by atoms with van der Waals surface area (Å²) in [7, 11) is 0. The largest absolute Gasteiger partial charge is 0.511 e. The van der Waals surface area contributed by atoms with E-state index in [1.807, 2.05) is 30.3 Å². The molecular weight excluding hydrogens is 272 g/mol. The summed E-state index contributed by atoms with van der Waals surface area (Å²) in [6.07, 6.45) is -0.879. The summed E-state index contributed by atoms with van der Waals surface area (Å²) in [6.45, 7) is 0. The highest BCUT2D eigenvalue weighted by Crippen LogP contribution is 2.32. The van der Waals surface area contributed by atoms with Crippen LogP contribution in [0.4, 0.5) is 4.79 Å². The standard InChI is InChI=1S/C15H12N2O4/c18-13-8-12-10(7-14(13)21-15(19)20)11(16-17-12)6-9-4-2-1-3-5-9/h1-5,7-8,18H,6H2,(H,16,17)(H,19,20). The highest BCUT2D eigenvalue weighted by Gasteiger charge is 2.13. The van der Waals surface area contributed by atoms with E-state index in [4.69, 9.17) is 5.11 Å². The molecular formula is C15H12N2O4. The van der Waals surface area contributed by atoms with Crippen molar-refractivity contribution in [1.82, 2.24) is 10.2 Å². The third-order valence-electron chi connectivity index (χ3n) is 3.13. The molecule has 0 aliphatic rings. The zero-order chi connectivity index (χ0) is 14.8. The number of hydrogen-bond donors (Lipinski definition) is 3. The number of phenolic OH excluding ortho intramolecular Hbond substituents is 1. The molecule has 3 N–H and O–H groups in total. The Hall–Kier alpha value is -3.02. The summed E-state index contributed by atoms with van der Waals surface area (Å²) in [5.41, 5.74) is 2.46. The smallest absolute Gasteiger partial charge is 0.504 e. The van der Waals surface area contributed by atoms with Crippen LogP contribution >= 0.6 is 0 Å². The average Bonchev–Trinajstić information content (AvgIpc) is 2.82. The monoisotopic (exact) mass is 284 g/mol. The summed E-state index contributed by atoms with van der Waals surface area (Å²) in [5.74, 6) is -0.356. The number of ether oxygens (including phenoxy) is 1. The van der Waals surface area contributed by atoms with Gasteiger partial charge in [0.2, 0.25) is 0 Å². The van der Waals surface area contributed by atoms with Crippen molar-refractivity contribution in [3.05, 3.63) is 53.7 Å². The Labute approximate surface area is 119 Å². The van der Waals surface area contributed by atoms with Crippen molar-refractivity contribution in [2.75, 3.05) is 0 Å². The van der Waals surface area contributed by atoms with Gasteiger partial charge in [0.25, 0.3) is 0 Å². The van der Waals surface area contributed by atoms with Crippen LogP contribution in [0.25, 0.3) is 10.9 Å². The van der Waals surface area contributed by atoms with Crippen LogP contribution in [0.15, 0.2) is 42.5 Å². The zero-order valence-electron chi connectivity index (χ0n) is 10.9. The highest BCUT2D eigenvalue weighted by molar-refractivity contribution is 5.86. The van der Waals surface area contributed by atoms with Gasteiger partial charge in [0.1, 0.15) is 0 Å². The lowest BCUT2D eigenvalue weighted by atomic mass is 10.1. The first-order valence-electron chi connectivity index (χ1n) is 6.28. The van der Waals surface area contributed by atoms with Gasteiger partial charge in [-0.2, -0.15) is 5.10 Å². The second-order valence-corrected chi connectivity index (χ2v) is 4.57. The molecule has 0 atom stereocenters. The van der Waals surface area contributed by atoms with Crippen LogP contribution in [0.1, 0.15) is 11.3 Å². The van der Waals surface area contributed by atoms with Gasteiger partial charge in [0.05, 0.1) is 11.2 Å². The summed E-state index contributed by atoms with van der Waals surface area (Å²) >= 11 is 0. The molecule has 106 valence electrons. The van der Waals surface area contributed by atoms with Crippen molar-refractivity contribution in [1.29, 1.82) is 0 Å². The number of fused-ring (bicyclic) bond motifs is 1. The van der Waals surface area contributed by atoms with Crippen LogP contribution in [0.2, 0.25) is 0 Å². The Kier molecular flexibility index (Phi) is 3.19. The second kappa shape index (κ2) is 5.16. The van der Waals surface area contributed by atoms with Crippen LogP contribution in [0.5, 0.6) is 11.5 Å². The molecule has 1 heterocycles. The lowest BCUT2D eigenvalue weighted by Gasteiger charge is -2.04. The Morgan fingerprint density at radius 3 is 2.71 bits per heavy atom. The summed E-state index contributed by atoms with van der Waals surface area (Å²) in [5, 5.41) is 26.1. The molecule has 2 aromatic carbocycles. The number of rotatable bonds is 3. The van der Waals surface area contributed by atoms with Gasteiger partial charge in [-0.15, -0.1) is 0 Å². The maximum absolute atomic E-state index is 10.6. The number of carbonyl (C=O) groups is 1. The summed E-state index contributed by atoms with van der Waals surface area (Å²) in [6, 6.07) is 12.6. The van der Waals surface area contributed by atoms with E-state index in [0.29, 0.717) is 17.3 Å². The molecule has 0 saturated carbocycles. The molecule has 0 amide bonds. The number of nitrogens with one attached hydrogen (secondary N) is 1. The minimum absolute atomic E-state index is 0.106.